The van der Waals surface area contributed by atoms with Crippen LogP contribution in [0.1, 0.15) is 5.56 Å². The van der Waals surface area contributed by atoms with Crippen LogP contribution in [0.2, 0.25) is 0 Å². The molecule has 0 radical (unpaired) electrons. The Labute approximate surface area is 154 Å². The molecule has 0 aliphatic heterocycles. The zero-order chi connectivity index (χ0) is 16.8. The number of nitrogens with one attached hydrogen (secondary N) is 1. The molecule has 3 rings (SSSR count). The number of hydrogen-bond acceptors (Lipinski definition) is 5. The lowest BCUT2D eigenvalue weighted by Crippen LogP contribution is -3.00. The number of pyridine rings is 1. The van der Waals surface area contributed by atoms with Crippen LogP contribution in [0.4, 0.5) is 5.13 Å². The maximum atomic E-state index is 12.1. The highest BCUT2D eigenvalue weighted by Crippen LogP contribution is 2.24. The molecule has 0 spiro atoms. The molecule has 0 atom stereocenters. The summed E-state index contributed by atoms with van der Waals surface area (Å²) in [6, 6.07) is 13.3. The Morgan fingerprint density at radius 2 is 1.96 bits per heavy atom. The van der Waals surface area contributed by atoms with Crippen LogP contribution in [0.25, 0.3) is 11.3 Å². The molecule has 2 aromatic heterocycles. The lowest BCUT2D eigenvalue weighted by atomic mass is 10.2. The molecule has 3 aromatic rings. The van der Waals surface area contributed by atoms with Crippen LogP contribution < -0.4 is 22.3 Å². The van der Waals surface area contributed by atoms with Crippen LogP contribution in [0, 0.1) is 0 Å². The van der Waals surface area contributed by atoms with Gasteiger partial charge in [0.15, 0.2) is 17.5 Å². The SMILES string of the molecule is O=C(C[n+]1ccc(/C=N/O)cc1)Nc1nc(-c2ccccc2)cs1.[Cl-]. The average Bonchev–Trinajstić information content (AvgIpc) is 3.06. The predicted octanol–water partition coefficient (Wildman–Crippen LogP) is -0.452. The lowest BCUT2D eigenvalue weighted by molar-refractivity contribution is -0.684. The molecular weight excluding hydrogens is 360 g/mol. The molecule has 1 aromatic carbocycles. The van der Waals surface area contributed by atoms with E-state index in [9.17, 15) is 4.79 Å². The van der Waals surface area contributed by atoms with Crippen molar-refractivity contribution in [2.45, 2.75) is 6.54 Å². The lowest BCUT2D eigenvalue weighted by Gasteiger charge is -1.99. The van der Waals surface area contributed by atoms with E-state index in [2.05, 4.69) is 15.5 Å². The van der Waals surface area contributed by atoms with Gasteiger partial charge in [0.2, 0.25) is 6.54 Å². The Bertz CT molecular complexity index is 851. The number of rotatable bonds is 5. The third-order valence-electron chi connectivity index (χ3n) is 3.27. The normalized spacial score (nSPS) is 10.4. The Hall–Kier alpha value is -2.77. The van der Waals surface area contributed by atoms with Gasteiger partial charge in [0.25, 0.3) is 5.91 Å². The molecular formula is C17H15ClN4O2S. The highest BCUT2D eigenvalue weighted by molar-refractivity contribution is 7.14. The fraction of sp³-hybridized carbons (Fsp3) is 0.0588. The quantitative estimate of drug-likeness (QED) is 0.275. The summed E-state index contributed by atoms with van der Waals surface area (Å²) in [5.74, 6) is -0.155. The molecule has 0 unspecified atom stereocenters. The van der Waals surface area contributed by atoms with Crippen molar-refractivity contribution in [2.24, 2.45) is 5.16 Å². The standard InChI is InChI=1S/C17H14N4O2S.ClH/c22-16(11-21-8-6-13(7-9-21)10-18-23)20-17-19-15(12-24-17)14-4-2-1-3-5-14;/h1-10,12H,11H2,(H,19,20,22);1H. The van der Waals surface area contributed by atoms with E-state index in [4.69, 9.17) is 5.21 Å². The van der Waals surface area contributed by atoms with Gasteiger partial charge in [-0.05, 0) is 0 Å². The van der Waals surface area contributed by atoms with Gasteiger partial charge in [0.1, 0.15) is 0 Å². The van der Waals surface area contributed by atoms with Crippen LogP contribution >= 0.6 is 11.3 Å². The predicted molar refractivity (Wildman–Crippen MR) is 92.2 cm³/mol. The molecule has 1 amide bonds. The number of aromatic nitrogens is 2. The molecule has 2 heterocycles. The van der Waals surface area contributed by atoms with E-state index in [0.29, 0.717) is 5.13 Å². The first-order valence-electron chi connectivity index (χ1n) is 7.22. The first-order chi connectivity index (χ1) is 11.7. The number of amides is 1. The molecule has 128 valence electrons. The Balaban J connectivity index is 0.00000225. The van der Waals surface area contributed by atoms with Gasteiger partial charge >= 0.3 is 0 Å². The van der Waals surface area contributed by atoms with Gasteiger partial charge < -0.3 is 17.6 Å². The summed E-state index contributed by atoms with van der Waals surface area (Å²) in [6.07, 6.45) is 4.81. The number of thiazole rings is 1. The maximum Gasteiger partial charge on any atom is 0.292 e. The minimum Gasteiger partial charge on any atom is -1.00 e. The average molecular weight is 375 g/mol. The molecule has 0 saturated heterocycles. The van der Waals surface area contributed by atoms with Gasteiger partial charge in [0, 0.05) is 28.6 Å². The molecule has 0 bridgehead atoms. The van der Waals surface area contributed by atoms with E-state index in [1.165, 1.54) is 17.6 Å². The number of carbonyl (C=O) groups excluding carboxylic acids is 1. The number of anilines is 1. The molecule has 6 nitrogen and oxygen atoms in total. The van der Waals surface area contributed by atoms with Crippen molar-refractivity contribution in [2.75, 3.05) is 5.32 Å². The van der Waals surface area contributed by atoms with Gasteiger partial charge in [-0.15, -0.1) is 11.3 Å². The summed E-state index contributed by atoms with van der Waals surface area (Å²) in [6.45, 7) is 0.177. The zero-order valence-electron chi connectivity index (χ0n) is 13.0. The van der Waals surface area contributed by atoms with E-state index < -0.39 is 0 Å². The fourth-order valence-corrected chi connectivity index (χ4v) is 2.86. The second-order valence-corrected chi connectivity index (χ2v) is 5.86. The van der Waals surface area contributed by atoms with Crippen molar-refractivity contribution in [3.05, 3.63) is 65.8 Å². The van der Waals surface area contributed by atoms with E-state index in [1.54, 1.807) is 29.1 Å². The maximum absolute atomic E-state index is 12.1. The molecule has 25 heavy (non-hydrogen) atoms. The fourth-order valence-electron chi connectivity index (χ4n) is 2.12. The molecule has 0 fully saturated rings. The molecule has 0 saturated carbocycles. The highest BCUT2D eigenvalue weighted by Gasteiger charge is 2.12. The monoisotopic (exact) mass is 374 g/mol. The molecule has 0 aliphatic carbocycles. The van der Waals surface area contributed by atoms with Crippen molar-refractivity contribution >= 4 is 28.6 Å². The smallest absolute Gasteiger partial charge is 0.292 e. The number of nitrogens with zero attached hydrogens (tertiary/aromatic N) is 3. The largest absolute Gasteiger partial charge is 1.00 e. The van der Waals surface area contributed by atoms with Crippen molar-refractivity contribution in [1.29, 1.82) is 0 Å². The number of halogens is 1. The van der Waals surface area contributed by atoms with Crippen molar-refractivity contribution < 1.29 is 27.0 Å². The van der Waals surface area contributed by atoms with Gasteiger partial charge in [-0.1, -0.05) is 35.5 Å². The van der Waals surface area contributed by atoms with Crippen LogP contribution in [0.5, 0.6) is 0 Å². The summed E-state index contributed by atoms with van der Waals surface area (Å²) >= 11 is 1.39. The van der Waals surface area contributed by atoms with E-state index in [-0.39, 0.29) is 24.9 Å². The first kappa shape index (κ1) is 18.6. The van der Waals surface area contributed by atoms with E-state index in [1.807, 2.05) is 35.7 Å². The van der Waals surface area contributed by atoms with Crippen LogP contribution in [-0.4, -0.2) is 22.3 Å². The second kappa shape index (κ2) is 8.91. The number of oxime groups is 1. The van der Waals surface area contributed by atoms with Crippen LogP contribution in [0.3, 0.4) is 0 Å². The van der Waals surface area contributed by atoms with Crippen molar-refractivity contribution in [3.8, 4) is 11.3 Å². The third-order valence-corrected chi connectivity index (χ3v) is 4.03. The van der Waals surface area contributed by atoms with Gasteiger partial charge in [0.05, 0.1) is 11.9 Å². The van der Waals surface area contributed by atoms with E-state index >= 15 is 0 Å². The number of carbonyl (C=O) groups is 1. The number of benzene rings is 1. The third kappa shape index (κ3) is 5.10. The molecule has 8 heteroatoms. The summed E-state index contributed by atoms with van der Waals surface area (Å²) in [5.41, 5.74) is 2.61. The minimum atomic E-state index is -0.155. The molecule has 0 aliphatic rings. The van der Waals surface area contributed by atoms with Gasteiger partial charge in [-0.25, -0.2) is 4.98 Å². The summed E-state index contributed by atoms with van der Waals surface area (Å²) in [5, 5.41) is 16.7. The first-order valence-corrected chi connectivity index (χ1v) is 8.10. The second-order valence-electron chi connectivity index (χ2n) is 5.00. The topological polar surface area (TPSA) is 78.5 Å². The van der Waals surface area contributed by atoms with E-state index in [0.717, 1.165) is 16.8 Å². The van der Waals surface area contributed by atoms with Crippen molar-refractivity contribution in [1.82, 2.24) is 4.98 Å². The Kier molecular flexibility index (Phi) is 6.62. The van der Waals surface area contributed by atoms with Crippen molar-refractivity contribution in [3.63, 3.8) is 0 Å². The summed E-state index contributed by atoms with van der Waals surface area (Å²) < 4.78 is 1.73. The zero-order valence-corrected chi connectivity index (χ0v) is 14.6. The van der Waals surface area contributed by atoms with Crippen LogP contribution in [0.15, 0.2) is 65.4 Å². The van der Waals surface area contributed by atoms with Crippen LogP contribution in [-0.2, 0) is 11.3 Å². The van der Waals surface area contributed by atoms with Gasteiger partial charge in [-0.2, -0.15) is 4.57 Å². The van der Waals surface area contributed by atoms with Gasteiger partial charge in [-0.3, -0.25) is 10.1 Å². The molecule has 2 N–H and O–H groups in total. The summed E-state index contributed by atoms with van der Waals surface area (Å²) in [4.78, 5) is 16.5. The summed E-state index contributed by atoms with van der Waals surface area (Å²) in [7, 11) is 0. The number of hydrogen-bond donors (Lipinski definition) is 2. The Morgan fingerprint density at radius 3 is 2.64 bits per heavy atom. The minimum absolute atomic E-state index is 0. The Morgan fingerprint density at radius 1 is 1.24 bits per heavy atom. The highest BCUT2D eigenvalue weighted by atomic mass is 35.5.